The second-order valence-corrected chi connectivity index (χ2v) is 7.72. The van der Waals surface area contributed by atoms with Gasteiger partial charge in [-0.25, -0.2) is 4.21 Å². The van der Waals surface area contributed by atoms with Crippen LogP contribution in [0.3, 0.4) is 0 Å². The topological polar surface area (TPSA) is 29.4 Å². The van der Waals surface area contributed by atoms with E-state index in [1.165, 1.54) is 5.56 Å². The summed E-state index contributed by atoms with van der Waals surface area (Å²) < 4.78 is 16.9. The Balaban J connectivity index is 2.80. The fraction of sp³-hybridized carbons (Fsp3) is 0.462. The smallest absolute Gasteiger partial charge is 0.144 e. The van der Waals surface area contributed by atoms with Gasteiger partial charge in [0, 0.05) is 16.6 Å². The molecule has 0 fully saturated rings. The maximum atomic E-state index is 11.9. The fourth-order valence-corrected chi connectivity index (χ4v) is 2.27. The first-order valence-electron chi connectivity index (χ1n) is 5.50. The van der Waals surface area contributed by atoms with Crippen molar-refractivity contribution in [3.05, 3.63) is 34.3 Å². The van der Waals surface area contributed by atoms with Crippen LogP contribution >= 0.6 is 15.9 Å². The molecule has 1 aromatic rings. The van der Waals surface area contributed by atoms with Gasteiger partial charge in [-0.1, -0.05) is 34.1 Å². The van der Waals surface area contributed by atoms with Crippen LogP contribution in [0.5, 0.6) is 0 Å². The largest absolute Gasteiger partial charge is 0.234 e. The predicted octanol–water partition coefficient (Wildman–Crippen LogP) is 3.91. The highest BCUT2D eigenvalue weighted by Gasteiger charge is 2.19. The first-order valence-corrected chi connectivity index (χ1v) is 7.40. The van der Waals surface area contributed by atoms with Crippen LogP contribution in [0.4, 0.5) is 0 Å². The molecule has 0 aliphatic rings. The fourth-order valence-electron chi connectivity index (χ4n) is 1.23. The van der Waals surface area contributed by atoms with Gasteiger partial charge in [0.25, 0.3) is 0 Å². The lowest BCUT2D eigenvalue weighted by Crippen LogP contribution is -2.20. The zero-order chi connectivity index (χ0) is 13.1. The lowest BCUT2D eigenvalue weighted by Gasteiger charge is -2.14. The third kappa shape index (κ3) is 4.72. The van der Waals surface area contributed by atoms with E-state index in [2.05, 4.69) is 20.3 Å². The number of halogens is 1. The molecule has 0 spiro atoms. The Kier molecular flexibility index (Phi) is 5.07. The minimum absolute atomic E-state index is 0.296. The summed E-state index contributed by atoms with van der Waals surface area (Å²) in [6, 6.07) is 8.02. The van der Waals surface area contributed by atoms with Gasteiger partial charge in [0.2, 0.25) is 0 Å². The summed E-state index contributed by atoms with van der Waals surface area (Å²) in [5.41, 5.74) is 2.06. The Labute approximate surface area is 114 Å². The molecule has 2 nitrogen and oxygen atoms in total. The molecule has 0 aliphatic heterocycles. The second-order valence-electron chi connectivity index (χ2n) is 4.96. The van der Waals surface area contributed by atoms with Crippen LogP contribution in [0.1, 0.15) is 33.3 Å². The van der Waals surface area contributed by atoms with Crippen molar-refractivity contribution in [1.29, 1.82) is 0 Å². The molecular formula is C13H18BrNOS. The second kappa shape index (κ2) is 5.91. The number of hydrogen-bond acceptors (Lipinski definition) is 1. The van der Waals surface area contributed by atoms with Crippen molar-refractivity contribution in [3.8, 4) is 0 Å². The van der Waals surface area contributed by atoms with Crippen LogP contribution in [0.25, 0.3) is 0 Å². The molecule has 4 heteroatoms. The van der Waals surface area contributed by atoms with E-state index in [-0.39, 0.29) is 4.75 Å². The summed E-state index contributed by atoms with van der Waals surface area (Å²) in [4.78, 5) is 0. The highest BCUT2D eigenvalue weighted by atomic mass is 79.9. The Morgan fingerprint density at radius 1 is 1.35 bits per heavy atom. The molecule has 1 aromatic carbocycles. The number of rotatable bonds is 3. The van der Waals surface area contributed by atoms with E-state index in [0.717, 1.165) is 16.6 Å². The Bertz CT molecular complexity index is 449. The quantitative estimate of drug-likeness (QED) is 0.777. The van der Waals surface area contributed by atoms with Crippen molar-refractivity contribution in [2.45, 2.75) is 38.9 Å². The molecule has 0 heterocycles. The summed E-state index contributed by atoms with van der Waals surface area (Å²) in [5, 5.41) is 0. The Hall–Kier alpha value is -0.480. The zero-order valence-corrected chi connectivity index (χ0v) is 13.1. The standard InChI is InChI=1S/C13H18BrNOS/c1-10(15-17(16)13(2,3)4)9-11-7-5-6-8-12(11)14/h5-8H,9H2,1-4H3/b15-10+/t17-/m0/s1. The van der Waals surface area contributed by atoms with Crippen LogP contribution in [-0.4, -0.2) is 14.7 Å². The summed E-state index contributed by atoms with van der Waals surface area (Å²) >= 11 is 3.50. The van der Waals surface area contributed by atoms with Crippen LogP contribution in [0, 0.1) is 0 Å². The maximum absolute atomic E-state index is 11.9. The van der Waals surface area contributed by atoms with Gasteiger partial charge >= 0.3 is 0 Å². The number of nitrogens with zero attached hydrogens (tertiary/aromatic N) is 1. The van der Waals surface area contributed by atoms with Crippen molar-refractivity contribution in [2.75, 3.05) is 0 Å². The van der Waals surface area contributed by atoms with E-state index < -0.39 is 11.0 Å². The van der Waals surface area contributed by atoms with Crippen LogP contribution in [0.15, 0.2) is 33.1 Å². The van der Waals surface area contributed by atoms with Gasteiger partial charge in [0.05, 0.1) is 4.75 Å². The van der Waals surface area contributed by atoms with E-state index in [9.17, 15) is 4.21 Å². The summed E-state index contributed by atoms with van der Waals surface area (Å²) in [6.45, 7) is 7.71. The summed E-state index contributed by atoms with van der Waals surface area (Å²) in [6.07, 6.45) is 0.725. The molecule has 0 aliphatic carbocycles. The average Bonchev–Trinajstić information content (AvgIpc) is 2.20. The molecule has 1 atom stereocenters. The third-order valence-electron chi connectivity index (χ3n) is 2.17. The van der Waals surface area contributed by atoms with Gasteiger partial charge < -0.3 is 0 Å². The first-order chi connectivity index (χ1) is 7.80. The molecule has 94 valence electrons. The van der Waals surface area contributed by atoms with E-state index >= 15 is 0 Å². The van der Waals surface area contributed by atoms with Crippen LogP contribution in [0.2, 0.25) is 0 Å². The van der Waals surface area contributed by atoms with Crippen molar-refractivity contribution in [1.82, 2.24) is 0 Å². The SMILES string of the molecule is C/C(Cc1ccccc1Br)=N\[S@@](=O)C(C)(C)C. The third-order valence-corrected chi connectivity index (χ3v) is 4.47. The molecule has 0 amide bonds. The Morgan fingerprint density at radius 3 is 2.47 bits per heavy atom. The summed E-state index contributed by atoms with van der Waals surface area (Å²) in [5.74, 6) is 0. The van der Waals surface area contributed by atoms with Gasteiger partial charge in [-0.05, 0) is 39.3 Å². The van der Waals surface area contributed by atoms with Crippen molar-refractivity contribution in [3.63, 3.8) is 0 Å². The van der Waals surface area contributed by atoms with E-state index in [0.29, 0.717) is 0 Å². The van der Waals surface area contributed by atoms with Gasteiger partial charge in [-0.2, -0.15) is 4.40 Å². The van der Waals surface area contributed by atoms with Crippen LogP contribution in [-0.2, 0) is 17.4 Å². The van der Waals surface area contributed by atoms with Crippen molar-refractivity contribution < 1.29 is 4.21 Å². The molecule has 0 radical (unpaired) electrons. The minimum Gasteiger partial charge on any atom is -0.234 e. The van der Waals surface area contributed by atoms with Crippen molar-refractivity contribution in [2.24, 2.45) is 4.40 Å². The normalized spacial score (nSPS) is 14.8. The number of benzene rings is 1. The molecular weight excluding hydrogens is 298 g/mol. The lowest BCUT2D eigenvalue weighted by atomic mass is 10.1. The van der Waals surface area contributed by atoms with E-state index in [1.54, 1.807) is 0 Å². The van der Waals surface area contributed by atoms with Crippen LogP contribution < -0.4 is 0 Å². The monoisotopic (exact) mass is 315 g/mol. The summed E-state index contributed by atoms with van der Waals surface area (Å²) in [7, 11) is -1.18. The van der Waals surface area contributed by atoms with Gasteiger partial charge in [0.1, 0.15) is 11.0 Å². The van der Waals surface area contributed by atoms with Crippen molar-refractivity contribution >= 4 is 32.6 Å². The maximum Gasteiger partial charge on any atom is 0.144 e. The van der Waals surface area contributed by atoms with E-state index in [4.69, 9.17) is 0 Å². The molecule has 0 N–H and O–H groups in total. The highest BCUT2D eigenvalue weighted by Crippen LogP contribution is 2.18. The molecule has 0 unspecified atom stereocenters. The van der Waals surface area contributed by atoms with E-state index in [1.807, 2.05) is 52.0 Å². The lowest BCUT2D eigenvalue weighted by molar-refractivity contribution is 0.650. The first kappa shape index (κ1) is 14.6. The van der Waals surface area contributed by atoms with Gasteiger partial charge in [-0.15, -0.1) is 0 Å². The number of hydrogen-bond donors (Lipinski definition) is 0. The Morgan fingerprint density at radius 2 is 1.94 bits per heavy atom. The molecule has 0 bridgehead atoms. The average molecular weight is 316 g/mol. The molecule has 17 heavy (non-hydrogen) atoms. The highest BCUT2D eigenvalue weighted by molar-refractivity contribution is 9.10. The molecule has 0 saturated carbocycles. The molecule has 0 saturated heterocycles. The zero-order valence-electron chi connectivity index (χ0n) is 10.7. The molecule has 0 aromatic heterocycles. The predicted molar refractivity (Wildman–Crippen MR) is 78.9 cm³/mol. The van der Waals surface area contributed by atoms with Gasteiger partial charge in [-0.3, -0.25) is 0 Å². The van der Waals surface area contributed by atoms with Gasteiger partial charge in [0.15, 0.2) is 0 Å². The molecule has 1 rings (SSSR count). The minimum atomic E-state index is -1.18.